The van der Waals surface area contributed by atoms with Gasteiger partial charge in [0.2, 0.25) is 0 Å². The second kappa shape index (κ2) is 6.30. The van der Waals surface area contributed by atoms with Gasteiger partial charge in [0, 0.05) is 6.42 Å². The zero-order valence-corrected chi connectivity index (χ0v) is 11.2. The Morgan fingerprint density at radius 1 is 1.20 bits per heavy atom. The summed E-state index contributed by atoms with van der Waals surface area (Å²) in [6, 6.07) is 13.0. The van der Waals surface area contributed by atoms with Crippen LogP contribution in [0.3, 0.4) is 0 Å². The summed E-state index contributed by atoms with van der Waals surface area (Å²) in [6.07, 6.45) is -0.0565. The van der Waals surface area contributed by atoms with Gasteiger partial charge in [-0.25, -0.2) is 4.39 Å². The van der Waals surface area contributed by atoms with E-state index in [0.717, 1.165) is 5.56 Å². The van der Waals surface area contributed by atoms with Gasteiger partial charge in [-0.15, -0.1) is 0 Å². The van der Waals surface area contributed by atoms with E-state index in [9.17, 15) is 9.18 Å². The van der Waals surface area contributed by atoms with E-state index in [2.05, 4.69) is 0 Å². The zero-order valence-electron chi connectivity index (χ0n) is 11.2. The minimum atomic E-state index is -0.748. The van der Waals surface area contributed by atoms with Crippen molar-refractivity contribution in [1.29, 1.82) is 0 Å². The Bertz CT molecular complexity index is 599. The average Bonchev–Trinajstić information content (AvgIpc) is 2.49. The molecule has 2 rings (SSSR count). The van der Waals surface area contributed by atoms with E-state index in [1.165, 1.54) is 13.2 Å². The van der Waals surface area contributed by atoms with E-state index in [4.69, 9.17) is 10.5 Å². The Balaban J connectivity index is 2.16. The Labute approximate surface area is 117 Å². The molecule has 0 unspecified atom stereocenters. The number of Topliss-reactive ketones (excluding diaryl/α,β-unsaturated/α-hetero) is 1. The molecule has 2 aromatic rings. The van der Waals surface area contributed by atoms with Gasteiger partial charge in [0.15, 0.2) is 17.3 Å². The molecular formula is C16H16FNO2. The first-order valence-electron chi connectivity index (χ1n) is 6.28. The van der Waals surface area contributed by atoms with E-state index in [1.54, 1.807) is 24.3 Å². The molecule has 0 radical (unpaired) electrons. The smallest absolute Gasteiger partial charge is 0.168 e. The molecule has 0 fully saturated rings. The molecule has 0 heterocycles. The molecule has 0 aliphatic rings. The van der Waals surface area contributed by atoms with Crippen molar-refractivity contribution < 1.29 is 13.9 Å². The highest BCUT2D eigenvalue weighted by Crippen LogP contribution is 2.22. The van der Waals surface area contributed by atoms with Gasteiger partial charge < -0.3 is 10.5 Å². The third-order valence-electron chi connectivity index (χ3n) is 3.13. The van der Waals surface area contributed by atoms with Crippen LogP contribution in [0, 0.1) is 5.82 Å². The molecule has 0 bridgehead atoms. The van der Waals surface area contributed by atoms with Crippen LogP contribution in [0.1, 0.15) is 17.2 Å². The molecule has 0 aromatic heterocycles. The van der Waals surface area contributed by atoms with Crippen LogP contribution in [0.5, 0.6) is 5.75 Å². The first-order valence-corrected chi connectivity index (χ1v) is 6.28. The fraction of sp³-hybridized carbons (Fsp3) is 0.188. The SMILES string of the molecule is COc1cccc(CC(=O)[C@H](N)c2ccccc2)c1F. The van der Waals surface area contributed by atoms with Crippen molar-refractivity contribution in [1.82, 2.24) is 0 Å². The van der Waals surface area contributed by atoms with E-state index >= 15 is 0 Å². The molecule has 0 saturated heterocycles. The number of nitrogens with two attached hydrogens (primary N) is 1. The van der Waals surface area contributed by atoms with E-state index < -0.39 is 11.9 Å². The molecular weight excluding hydrogens is 257 g/mol. The molecule has 0 saturated carbocycles. The number of rotatable bonds is 5. The molecule has 2 N–H and O–H groups in total. The maximum Gasteiger partial charge on any atom is 0.168 e. The number of methoxy groups -OCH3 is 1. The van der Waals surface area contributed by atoms with E-state index in [1.807, 2.05) is 18.2 Å². The number of ketones is 1. The summed E-state index contributed by atoms with van der Waals surface area (Å²) in [5.74, 6) is -0.615. The summed E-state index contributed by atoms with van der Waals surface area (Å²) in [5.41, 5.74) is 6.92. The molecule has 0 aliphatic heterocycles. The van der Waals surface area contributed by atoms with Gasteiger partial charge in [0.1, 0.15) is 0 Å². The minimum Gasteiger partial charge on any atom is -0.494 e. The van der Waals surface area contributed by atoms with Crippen LogP contribution >= 0.6 is 0 Å². The highest BCUT2D eigenvalue weighted by atomic mass is 19.1. The van der Waals surface area contributed by atoms with Gasteiger partial charge in [-0.3, -0.25) is 4.79 Å². The van der Waals surface area contributed by atoms with Crippen molar-refractivity contribution in [3.8, 4) is 5.75 Å². The summed E-state index contributed by atoms with van der Waals surface area (Å²) >= 11 is 0. The van der Waals surface area contributed by atoms with Crippen molar-refractivity contribution in [2.24, 2.45) is 5.73 Å². The lowest BCUT2D eigenvalue weighted by Gasteiger charge is -2.12. The fourth-order valence-corrected chi connectivity index (χ4v) is 1.99. The van der Waals surface area contributed by atoms with Crippen LogP contribution in [-0.4, -0.2) is 12.9 Å². The van der Waals surface area contributed by atoms with Crippen molar-refractivity contribution in [2.75, 3.05) is 7.11 Å². The molecule has 0 aliphatic carbocycles. The van der Waals surface area contributed by atoms with Crippen LogP contribution < -0.4 is 10.5 Å². The number of carbonyl (C=O) groups excluding carboxylic acids is 1. The number of halogens is 1. The largest absolute Gasteiger partial charge is 0.494 e. The average molecular weight is 273 g/mol. The van der Waals surface area contributed by atoms with Crippen LogP contribution in [0.2, 0.25) is 0 Å². The normalized spacial score (nSPS) is 11.9. The summed E-state index contributed by atoms with van der Waals surface area (Å²) in [6.45, 7) is 0. The van der Waals surface area contributed by atoms with E-state index in [0.29, 0.717) is 5.56 Å². The number of carbonyl (C=O) groups is 1. The molecule has 0 spiro atoms. The third-order valence-corrected chi connectivity index (χ3v) is 3.13. The number of ether oxygens (including phenoxy) is 1. The van der Waals surface area contributed by atoms with Crippen LogP contribution in [0.25, 0.3) is 0 Å². The highest BCUT2D eigenvalue weighted by Gasteiger charge is 2.18. The molecule has 4 heteroatoms. The van der Waals surface area contributed by atoms with Gasteiger partial charge in [-0.2, -0.15) is 0 Å². The molecule has 3 nitrogen and oxygen atoms in total. The quantitative estimate of drug-likeness (QED) is 0.911. The molecule has 2 aromatic carbocycles. The topological polar surface area (TPSA) is 52.3 Å². The zero-order chi connectivity index (χ0) is 14.5. The number of hydrogen-bond donors (Lipinski definition) is 1. The lowest BCUT2D eigenvalue weighted by molar-refractivity contribution is -0.119. The lowest BCUT2D eigenvalue weighted by Crippen LogP contribution is -2.23. The lowest BCUT2D eigenvalue weighted by atomic mass is 9.98. The van der Waals surface area contributed by atoms with Gasteiger partial charge in [0.25, 0.3) is 0 Å². The van der Waals surface area contributed by atoms with Gasteiger partial charge in [0.05, 0.1) is 13.2 Å². The Kier molecular flexibility index (Phi) is 4.48. The Morgan fingerprint density at radius 3 is 2.55 bits per heavy atom. The van der Waals surface area contributed by atoms with Gasteiger partial charge in [-0.1, -0.05) is 42.5 Å². The highest BCUT2D eigenvalue weighted by molar-refractivity contribution is 5.87. The molecule has 0 amide bonds. The van der Waals surface area contributed by atoms with Gasteiger partial charge >= 0.3 is 0 Å². The first-order chi connectivity index (χ1) is 9.63. The second-order valence-corrected chi connectivity index (χ2v) is 4.46. The standard InChI is InChI=1S/C16H16FNO2/c1-20-14-9-5-8-12(15(14)17)10-13(19)16(18)11-6-3-2-4-7-11/h2-9,16H,10,18H2,1H3/t16-/m1/s1. The van der Waals surface area contributed by atoms with Crippen molar-refractivity contribution in [2.45, 2.75) is 12.5 Å². The summed E-state index contributed by atoms with van der Waals surface area (Å²) in [5, 5.41) is 0. The maximum atomic E-state index is 14.0. The second-order valence-electron chi connectivity index (χ2n) is 4.46. The van der Waals surface area contributed by atoms with E-state index in [-0.39, 0.29) is 18.0 Å². The molecule has 1 atom stereocenters. The predicted octanol–water partition coefficient (Wildman–Crippen LogP) is 2.65. The monoisotopic (exact) mass is 273 g/mol. The molecule has 104 valence electrons. The molecule has 20 heavy (non-hydrogen) atoms. The Morgan fingerprint density at radius 2 is 1.90 bits per heavy atom. The summed E-state index contributed by atoms with van der Waals surface area (Å²) < 4.78 is 18.9. The summed E-state index contributed by atoms with van der Waals surface area (Å²) in [4.78, 5) is 12.1. The van der Waals surface area contributed by atoms with Crippen LogP contribution in [0.15, 0.2) is 48.5 Å². The van der Waals surface area contributed by atoms with Crippen molar-refractivity contribution in [3.63, 3.8) is 0 Å². The third kappa shape index (κ3) is 3.03. The fourth-order valence-electron chi connectivity index (χ4n) is 1.99. The van der Waals surface area contributed by atoms with Crippen LogP contribution in [0.4, 0.5) is 4.39 Å². The Hall–Kier alpha value is -2.20. The predicted molar refractivity (Wildman–Crippen MR) is 75.0 cm³/mol. The van der Waals surface area contributed by atoms with Crippen molar-refractivity contribution >= 4 is 5.78 Å². The minimum absolute atomic E-state index is 0.0565. The van der Waals surface area contributed by atoms with Crippen LogP contribution in [-0.2, 0) is 11.2 Å². The number of hydrogen-bond acceptors (Lipinski definition) is 3. The maximum absolute atomic E-state index is 14.0. The van der Waals surface area contributed by atoms with Gasteiger partial charge in [-0.05, 0) is 17.2 Å². The first kappa shape index (κ1) is 14.2. The summed E-state index contributed by atoms with van der Waals surface area (Å²) in [7, 11) is 1.39. The number of benzene rings is 2. The van der Waals surface area contributed by atoms with Crippen molar-refractivity contribution in [3.05, 3.63) is 65.5 Å².